The number of halogens is 1. The number of nitrogens with zero attached hydrogens (tertiary/aromatic N) is 2. The predicted molar refractivity (Wildman–Crippen MR) is 90.6 cm³/mol. The summed E-state index contributed by atoms with van der Waals surface area (Å²) in [5.41, 5.74) is 3.23. The maximum atomic E-state index is 8.73. The Bertz CT molecular complexity index is 629. The highest BCUT2D eigenvalue weighted by Gasteiger charge is 2.02. The molecular weight excluding hydrogens is 284 g/mol. The van der Waals surface area contributed by atoms with Crippen molar-refractivity contribution in [3.05, 3.63) is 66.6 Å². The molecule has 0 saturated heterocycles. The Kier molecular flexibility index (Phi) is 7.51. The van der Waals surface area contributed by atoms with Crippen molar-refractivity contribution >= 4 is 22.8 Å². The van der Waals surface area contributed by atoms with E-state index in [4.69, 9.17) is 16.7 Å². The number of imidazole rings is 1. The van der Waals surface area contributed by atoms with Gasteiger partial charge in [0.25, 0.3) is 0 Å². The molecule has 112 valence electrons. The molecule has 2 rings (SSSR count). The standard InChI is InChI=1S/C15H17ClN2O.C2H4/c1-2-12(6-4-3-5-9-19)13-7-8-15-17-14(16)11-18(15)10-13;1-2/h3-4,6-8,10-11,19H,2,5,9H2,1H3;1-2H2/b4-3-,12-6+;. The van der Waals surface area contributed by atoms with E-state index in [0.29, 0.717) is 11.6 Å². The van der Waals surface area contributed by atoms with Gasteiger partial charge in [-0.2, -0.15) is 0 Å². The van der Waals surface area contributed by atoms with Gasteiger partial charge in [-0.15, -0.1) is 13.2 Å². The second-order valence-corrected chi connectivity index (χ2v) is 4.62. The van der Waals surface area contributed by atoms with Crippen LogP contribution >= 0.6 is 11.6 Å². The molecule has 2 heterocycles. The summed E-state index contributed by atoms with van der Waals surface area (Å²) in [6, 6.07) is 4.01. The van der Waals surface area contributed by atoms with Crippen LogP contribution in [0.25, 0.3) is 11.2 Å². The minimum Gasteiger partial charge on any atom is -0.396 e. The fourth-order valence-corrected chi connectivity index (χ4v) is 2.12. The number of aromatic nitrogens is 2. The number of rotatable bonds is 5. The van der Waals surface area contributed by atoms with E-state index >= 15 is 0 Å². The quantitative estimate of drug-likeness (QED) is 0.651. The molecule has 0 fully saturated rings. The van der Waals surface area contributed by atoms with Crippen LogP contribution in [0.4, 0.5) is 0 Å². The van der Waals surface area contributed by atoms with E-state index in [1.54, 1.807) is 6.20 Å². The maximum Gasteiger partial charge on any atom is 0.148 e. The molecular formula is C17H21ClN2O. The molecule has 4 heteroatoms. The average molecular weight is 305 g/mol. The molecule has 21 heavy (non-hydrogen) atoms. The number of aliphatic hydroxyl groups excluding tert-OH is 1. The largest absolute Gasteiger partial charge is 0.396 e. The lowest BCUT2D eigenvalue weighted by atomic mass is 10.1. The zero-order valence-corrected chi connectivity index (χ0v) is 13.1. The molecule has 0 aliphatic carbocycles. The van der Waals surface area contributed by atoms with Crippen LogP contribution in [-0.4, -0.2) is 21.1 Å². The van der Waals surface area contributed by atoms with Gasteiger partial charge in [0.1, 0.15) is 10.8 Å². The van der Waals surface area contributed by atoms with Crippen LogP contribution in [0.2, 0.25) is 5.15 Å². The molecule has 0 aromatic carbocycles. The third kappa shape index (κ3) is 4.88. The molecule has 3 nitrogen and oxygen atoms in total. The lowest BCUT2D eigenvalue weighted by Crippen LogP contribution is -1.88. The molecule has 0 radical (unpaired) electrons. The van der Waals surface area contributed by atoms with Crippen molar-refractivity contribution in [2.24, 2.45) is 0 Å². The Balaban J connectivity index is 0.00000106. The summed E-state index contributed by atoms with van der Waals surface area (Å²) in [5, 5.41) is 9.23. The molecule has 2 aromatic rings. The van der Waals surface area contributed by atoms with E-state index in [9.17, 15) is 0 Å². The van der Waals surface area contributed by atoms with Crippen LogP contribution in [0.5, 0.6) is 0 Å². The van der Waals surface area contributed by atoms with Crippen molar-refractivity contribution in [2.75, 3.05) is 6.61 Å². The Morgan fingerprint density at radius 3 is 2.81 bits per heavy atom. The summed E-state index contributed by atoms with van der Waals surface area (Å²) < 4.78 is 1.93. The molecule has 0 amide bonds. The summed E-state index contributed by atoms with van der Waals surface area (Å²) in [5.74, 6) is 0. The van der Waals surface area contributed by atoms with Gasteiger partial charge in [-0.3, -0.25) is 0 Å². The van der Waals surface area contributed by atoms with Gasteiger partial charge in [0, 0.05) is 19.0 Å². The van der Waals surface area contributed by atoms with Crippen LogP contribution in [0, 0.1) is 0 Å². The highest BCUT2D eigenvalue weighted by molar-refractivity contribution is 6.29. The Hall–Kier alpha value is -1.84. The van der Waals surface area contributed by atoms with E-state index in [-0.39, 0.29) is 6.61 Å². The predicted octanol–water partition coefficient (Wildman–Crippen LogP) is 4.52. The first-order valence-corrected chi connectivity index (χ1v) is 7.23. The van der Waals surface area contributed by atoms with Gasteiger partial charge in [0.05, 0.1) is 0 Å². The summed E-state index contributed by atoms with van der Waals surface area (Å²) in [6.45, 7) is 8.31. The van der Waals surface area contributed by atoms with E-state index in [0.717, 1.165) is 17.6 Å². The van der Waals surface area contributed by atoms with Crippen molar-refractivity contribution in [2.45, 2.75) is 19.8 Å². The Morgan fingerprint density at radius 1 is 1.38 bits per heavy atom. The lowest BCUT2D eigenvalue weighted by molar-refractivity contribution is 0.302. The number of allylic oxidation sites excluding steroid dienone is 3. The molecule has 0 spiro atoms. The molecule has 0 atom stereocenters. The summed E-state index contributed by atoms with van der Waals surface area (Å²) in [4.78, 5) is 4.19. The summed E-state index contributed by atoms with van der Waals surface area (Å²) in [7, 11) is 0. The minimum absolute atomic E-state index is 0.186. The van der Waals surface area contributed by atoms with E-state index in [2.05, 4.69) is 31.1 Å². The first kappa shape index (κ1) is 17.2. The molecule has 0 unspecified atom stereocenters. The smallest absolute Gasteiger partial charge is 0.148 e. The van der Waals surface area contributed by atoms with Gasteiger partial charge >= 0.3 is 0 Å². The van der Waals surface area contributed by atoms with Gasteiger partial charge in [0.15, 0.2) is 0 Å². The number of aliphatic hydroxyl groups is 1. The second-order valence-electron chi connectivity index (χ2n) is 4.23. The average Bonchev–Trinajstić information content (AvgIpc) is 2.88. The van der Waals surface area contributed by atoms with Gasteiger partial charge < -0.3 is 9.51 Å². The second kappa shape index (κ2) is 9.16. The normalized spacial score (nSPS) is 11.7. The topological polar surface area (TPSA) is 37.5 Å². The molecule has 0 aliphatic rings. The molecule has 0 bridgehead atoms. The highest BCUT2D eigenvalue weighted by Crippen LogP contribution is 2.20. The Labute approximate surface area is 130 Å². The third-order valence-electron chi connectivity index (χ3n) is 2.90. The van der Waals surface area contributed by atoms with Crippen molar-refractivity contribution in [1.29, 1.82) is 0 Å². The van der Waals surface area contributed by atoms with Crippen LogP contribution in [0.3, 0.4) is 0 Å². The van der Waals surface area contributed by atoms with Crippen molar-refractivity contribution in [3.63, 3.8) is 0 Å². The van der Waals surface area contributed by atoms with Crippen LogP contribution in [0.1, 0.15) is 25.3 Å². The van der Waals surface area contributed by atoms with E-state index in [1.807, 2.05) is 34.9 Å². The van der Waals surface area contributed by atoms with Crippen LogP contribution < -0.4 is 0 Å². The first-order chi connectivity index (χ1) is 10.2. The van der Waals surface area contributed by atoms with Gasteiger partial charge in [-0.05, 0) is 36.1 Å². The number of hydrogen-bond acceptors (Lipinski definition) is 2. The SMILES string of the molecule is C=C.CC/C(=C\C=C/CCO)c1ccc2nc(Cl)cn2c1. The maximum absolute atomic E-state index is 8.73. The summed E-state index contributed by atoms with van der Waals surface area (Å²) >= 11 is 5.89. The van der Waals surface area contributed by atoms with E-state index in [1.165, 1.54) is 5.57 Å². The Morgan fingerprint density at radius 2 is 2.14 bits per heavy atom. The summed E-state index contributed by atoms with van der Waals surface area (Å²) in [6.07, 6.45) is 11.5. The van der Waals surface area contributed by atoms with Gasteiger partial charge in [0.2, 0.25) is 0 Å². The fraction of sp³-hybridized carbons (Fsp3) is 0.235. The number of fused-ring (bicyclic) bond motifs is 1. The molecule has 0 aliphatic heterocycles. The zero-order chi connectivity index (χ0) is 15.7. The lowest BCUT2D eigenvalue weighted by Gasteiger charge is -2.04. The number of pyridine rings is 1. The highest BCUT2D eigenvalue weighted by atomic mass is 35.5. The number of hydrogen-bond donors (Lipinski definition) is 1. The first-order valence-electron chi connectivity index (χ1n) is 6.85. The third-order valence-corrected chi connectivity index (χ3v) is 3.08. The van der Waals surface area contributed by atoms with Crippen molar-refractivity contribution in [3.8, 4) is 0 Å². The fourth-order valence-electron chi connectivity index (χ4n) is 1.92. The van der Waals surface area contributed by atoms with Gasteiger partial charge in [-0.1, -0.05) is 36.8 Å². The monoisotopic (exact) mass is 304 g/mol. The molecule has 0 saturated carbocycles. The van der Waals surface area contributed by atoms with Crippen LogP contribution in [-0.2, 0) is 0 Å². The van der Waals surface area contributed by atoms with Crippen LogP contribution in [0.15, 0.2) is 55.9 Å². The minimum atomic E-state index is 0.186. The van der Waals surface area contributed by atoms with Crippen molar-refractivity contribution < 1.29 is 5.11 Å². The molecule has 1 N–H and O–H groups in total. The van der Waals surface area contributed by atoms with E-state index < -0.39 is 0 Å². The molecule has 2 aromatic heterocycles. The zero-order valence-electron chi connectivity index (χ0n) is 12.3. The van der Waals surface area contributed by atoms with Gasteiger partial charge in [-0.25, -0.2) is 4.98 Å². The van der Waals surface area contributed by atoms with Crippen molar-refractivity contribution in [1.82, 2.24) is 9.38 Å².